The van der Waals surface area contributed by atoms with Gasteiger partial charge in [-0.15, -0.1) is 0 Å². The van der Waals surface area contributed by atoms with Gasteiger partial charge in [0.2, 0.25) is 0 Å². The minimum absolute atomic E-state index is 0.241. The molecule has 0 radical (unpaired) electrons. The highest BCUT2D eigenvalue weighted by Gasteiger charge is 2.26. The lowest BCUT2D eigenvalue weighted by Gasteiger charge is -2.16. The molecule has 1 aromatic rings. The molecule has 1 atom stereocenters. The van der Waals surface area contributed by atoms with Crippen LogP contribution in [0.15, 0.2) is 12.1 Å². The summed E-state index contributed by atoms with van der Waals surface area (Å²) in [6.45, 7) is 4.31. The molecule has 2 rings (SSSR count). The zero-order valence-electron chi connectivity index (χ0n) is 10.7. The first kappa shape index (κ1) is 12.9. The maximum absolute atomic E-state index is 11.3. The number of hydrogen-bond acceptors (Lipinski definition) is 3. The molecular weight excluding hydrogens is 230 g/mol. The van der Waals surface area contributed by atoms with E-state index in [4.69, 9.17) is 0 Å². The van der Waals surface area contributed by atoms with Gasteiger partial charge in [0.15, 0.2) is 0 Å². The number of hydrogen-bond donors (Lipinski definition) is 3. The van der Waals surface area contributed by atoms with Gasteiger partial charge in [-0.25, -0.2) is 0 Å². The smallest absolute Gasteiger partial charge is 0.325 e. The molecule has 98 valence electrons. The highest BCUT2D eigenvalue weighted by molar-refractivity contribution is 5.76. The maximum Gasteiger partial charge on any atom is 0.325 e. The molecule has 1 aliphatic rings. The topological polar surface area (TPSA) is 69.6 Å². The van der Waals surface area contributed by atoms with Crippen LogP contribution in [0, 0.1) is 19.8 Å². The van der Waals surface area contributed by atoms with Crippen molar-refractivity contribution in [2.75, 3.05) is 6.54 Å². The fraction of sp³-hybridized carbons (Fsp3) is 0.500. The Hall–Kier alpha value is -1.55. The van der Waals surface area contributed by atoms with Crippen LogP contribution in [0.3, 0.4) is 0 Å². The highest BCUT2D eigenvalue weighted by atomic mass is 16.4. The van der Waals surface area contributed by atoms with E-state index in [-0.39, 0.29) is 5.75 Å². The zero-order chi connectivity index (χ0) is 13.3. The Morgan fingerprint density at radius 1 is 1.39 bits per heavy atom. The van der Waals surface area contributed by atoms with Crippen LogP contribution >= 0.6 is 0 Å². The number of carbonyl (C=O) groups is 1. The van der Waals surface area contributed by atoms with Gasteiger partial charge in [0, 0.05) is 0 Å². The van der Waals surface area contributed by atoms with Crippen LogP contribution in [0.1, 0.15) is 35.6 Å². The Kier molecular flexibility index (Phi) is 3.57. The molecular formula is C14H19NO3. The van der Waals surface area contributed by atoms with E-state index in [9.17, 15) is 15.0 Å². The molecule has 1 fully saturated rings. The van der Waals surface area contributed by atoms with E-state index in [1.807, 2.05) is 0 Å². The van der Waals surface area contributed by atoms with Crippen LogP contribution in [0.4, 0.5) is 0 Å². The van der Waals surface area contributed by atoms with Crippen LogP contribution in [-0.4, -0.2) is 22.7 Å². The molecule has 4 heteroatoms. The number of aryl methyl sites for hydroxylation is 2. The molecule has 0 heterocycles. The van der Waals surface area contributed by atoms with Crippen molar-refractivity contribution in [3.8, 4) is 5.75 Å². The first-order chi connectivity index (χ1) is 8.49. The summed E-state index contributed by atoms with van der Waals surface area (Å²) in [5.74, 6) is -0.00335. The van der Waals surface area contributed by atoms with Crippen LogP contribution in [-0.2, 0) is 4.79 Å². The molecule has 1 unspecified atom stereocenters. The molecule has 0 saturated heterocycles. The summed E-state index contributed by atoms with van der Waals surface area (Å²) in [6, 6.07) is 2.78. The Morgan fingerprint density at radius 3 is 2.39 bits per heavy atom. The summed E-state index contributed by atoms with van der Waals surface area (Å²) in [5.41, 5.74) is 2.13. The number of aliphatic carboxylic acids is 1. The minimum atomic E-state index is -0.875. The number of benzene rings is 1. The lowest BCUT2D eigenvalue weighted by molar-refractivity contribution is -0.139. The normalized spacial score (nSPS) is 16.6. The molecule has 1 saturated carbocycles. The lowest BCUT2D eigenvalue weighted by atomic mass is 10.00. The van der Waals surface area contributed by atoms with Crippen LogP contribution < -0.4 is 5.32 Å². The summed E-state index contributed by atoms with van der Waals surface area (Å²) < 4.78 is 0. The van der Waals surface area contributed by atoms with E-state index in [2.05, 4.69) is 5.32 Å². The third kappa shape index (κ3) is 2.82. The summed E-state index contributed by atoms with van der Waals surface area (Å²) in [4.78, 5) is 11.3. The average molecular weight is 249 g/mol. The monoisotopic (exact) mass is 249 g/mol. The number of phenolic OH excluding ortho intramolecular Hbond substituents is 1. The summed E-state index contributed by atoms with van der Waals surface area (Å²) in [5, 5.41) is 22.1. The van der Waals surface area contributed by atoms with Gasteiger partial charge in [0.05, 0.1) is 0 Å². The number of rotatable bonds is 5. The third-order valence-electron chi connectivity index (χ3n) is 3.40. The first-order valence-electron chi connectivity index (χ1n) is 6.25. The Balaban J connectivity index is 2.20. The van der Waals surface area contributed by atoms with Gasteiger partial charge in [0.1, 0.15) is 11.8 Å². The highest BCUT2D eigenvalue weighted by Crippen LogP contribution is 2.30. The molecule has 0 aromatic heterocycles. The molecule has 0 aliphatic heterocycles. The lowest BCUT2D eigenvalue weighted by Crippen LogP contribution is -2.30. The Bertz CT molecular complexity index is 443. The molecule has 4 nitrogen and oxygen atoms in total. The summed E-state index contributed by atoms with van der Waals surface area (Å²) in [7, 11) is 0. The van der Waals surface area contributed by atoms with Crippen LogP contribution in [0.25, 0.3) is 0 Å². The molecule has 3 N–H and O–H groups in total. The Morgan fingerprint density at radius 2 is 1.94 bits per heavy atom. The second-order valence-corrected chi connectivity index (χ2v) is 5.13. The number of phenols is 1. The summed E-state index contributed by atoms with van der Waals surface area (Å²) >= 11 is 0. The van der Waals surface area contributed by atoms with E-state index >= 15 is 0 Å². The van der Waals surface area contributed by atoms with E-state index in [1.165, 1.54) is 12.8 Å². The number of carboxylic acid groups (broad SMARTS) is 1. The van der Waals surface area contributed by atoms with E-state index in [0.29, 0.717) is 22.6 Å². The van der Waals surface area contributed by atoms with E-state index in [1.54, 1.807) is 26.0 Å². The van der Waals surface area contributed by atoms with Crippen molar-refractivity contribution in [2.45, 2.75) is 32.7 Å². The molecule has 18 heavy (non-hydrogen) atoms. The fourth-order valence-corrected chi connectivity index (χ4v) is 2.11. The standard InChI is InChI=1S/C14H19NO3/c1-8-5-11(6-9(2)13(8)16)12(14(17)18)15-7-10-3-4-10/h5-6,10,12,15-16H,3-4,7H2,1-2H3,(H,17,18). The predicted octanol–water partition coefficient (Wildman–Crippen LogP) is 2.13. The first-order valence-corrected chi connectivity index (χ1v) is 6.25. The van der Waals surface area contributed by atoms with Crippen molar-refractivity contribution in [2.24, 2.45) is 5.92 Å². The molecule has 1 aliphatic carbocycles. The molecule has 0 bridgehead atoms. The minimum Gasteiger partial charge on any atom is -0.507 e. The van der Waals surface area contributed by atoms with Gasteiger partial charge in [-0.2, -0.15) is 0 Å². The second kappa shape index (κ2) is 4.98. The zero-order valence-corrected chi connectivity index (χ0v) is 10.7. The van der Waals surface area contributed by atoms with Gasteiger partial charge < -0.3 is 15.5 Å². The van der Waals surface area contributed by atoms with E-state index in [0.717, 1.165) is 6.54 Å². The SMILES string of the molecule is Cc1cc(C(NCC2CC2)C(=O)O)cc(C)c1O. The molecule has 0 spiro atoms. The van der Waals surface area contributed by atoms with Gasteiger partial charge in [0.25, 0.3) is 0 Å². The van der Waals surface area contributed by atoms with Crippen molar-refractivity contribution >= 4 is 5.97 Å². The number of nitrogens with one attached hydrogen (secondary N) is 1. The van der Waals surface area contributed by atoms with Crippen molar-refractivity contribution in [3.05, 3.63) is 28.8 Å². The molecule has 0 amide bonds. The quantitative estimate of drug-likeness (QED) is 0.747. The fourth-order valence-electron chi connectivity index (χ4n) is 2.11. The van der Waals surface area contributed by atoms with Crippen molar-refractivity contribution in [3.63, 3.8) is 0 Å². The van der Waals surface area contributed by atoms with E-state index < -0.39 is 12.0 Å². The van der Waals surface area contributed by atoms with Gasteiger partial charge >= 0.3 is 5.97 Å². The molecule has 1 aromatic carbocycles. The van der Waals surface area contributed by atoms with Crippen LogP contribution in [0.5, 0.6) is 5.75 Å². The number of carboxylic acids is 1. The second-order valence-electron chi connectivity index (χ2n) is 5.13. The van der Waals surface area contributed by atoms with Crippen LogP contribution in [0.2, 0.25) is 0 Å². The van der Waals surface area contributed by atoms with Gasteiger partial charge in [-0.3, -0.25) is 4.79 Å². The van der Waals surface area contributed by atoms with Crippen molar-refractivity contribution in [1.29, 1.82) is 0 Å². The maximum atomic E-state index is 11.3. The number of aromatic hydroxyl groups is 1. The van der Waals surface area contributed by atoms with Crippen molar-refractivity contribution in [1.82, 2.24) is 5.32 Å². The predicted molar refractivity (Wildman–Crippen MR) is 68.7 cm³/mol. The van der Waals surface area contributed by atoms with Gasteiger partial charge in [-0.05, 0) is 55.8 Å². The Labute approximate surface area is 107 Å². The third-order valence-corrected chi connectivity index (χ3v) is 3.40. The van der Waals surface area contributed by atoms with Crippen molar-refractivity contribution < 1.29 is 15.0 Å². The van der Waals surface area contributed by atoms with Gasteiger partial charge in [-0.1, -0.05) is 12.1 Å². The largest absolute Gasteiger partial charge is 0.507 e. The summed E-state index contributed by atoms with van der Waals surface area (Å²) in [6.07, 6.45) is 2.37. The average Bonchev–Trinajstić information content (AvgIpc) is 3.09.